The van der Waals surface area contributed by atoms with E-state index >= 15 is 0 Å². The standard InChI is InChI=1S/C10H12N4O3S/c1-13-8(11)7(9(16)14(2)10(13)17)12-6(15)4-5-18-3/h11H2,1-3H3,(H,12,15). The fourth-order valence-electron chi connectivity index (χ4n) is 1.22. The first kappa shape index (κ1) is 13.9. The first-order valence-corrected chi connectivity index (χ1v) is 6.03. The van der Waals surface area contributed by atoms with Crippen LogP contribution in [0.3, 0.4) is 0 Å². The van der Waals surface area contributed by atoms with Crippen molar-refractivity contribution in [2.75, 3.05) is 17.3 Å². The van der Waals surface area contributed by atoms with Gasteiger partial charge in [0.25, 0.3) is 5.56 Å². The summed E-state index contributed by atoms with van der Waals surface area (Å²) < 4.78 is 1.92. The Hall–Kier alpha value is -2.14. The molecule has 0 aliphatic rings. The number of nitrogens with one attached hydrogen (secondary N) is 1. The van der Waals surface area contributed by atoms with Crippen molar-refractivity contribution in [3.63, 3.8) is 0 Å². The highest BCUT2D eigenvalue weighted by molar-refractivity contribution is 8.03. The van der Waals surface area contributed by atoms with Crippen LogP contribution in [0.25, 0.3) is 0 Å². The Morgan fingerprint density at radius 2 is 1.94 bits per heavy atom. The molecule has 0 saturated carbocycles. The van der Waals surface area contributed by atoms with E-state index in [0.717, 1.165) is 9.13 Å². The van der Waals surface area contributed by atoms with Gasteiger partial charge in [-0.1, -0.05) is 11.8 Å². The molecule has 7 nitrogen and oxygen atoms in total. The van der Waals surface area contributed by atoms with Crippen molar-refractivity contribution in [1.29, 1.82) is 0 Å². The smallest absolute Gasteiger partial charge is 0.332 e. The Kier molecular flexibility index (Phi) is 4.23. The predicted molar refractivity (Wildman–Crippen MR) is 71.3 cm³/mol. The van der Waals surface area contributed by atoms with Crippen LogP contribution in [0.4, 0.5) is 11.5 Å². The molecule has 1 aromatic rings. The number of carbonyl (C=O) groups is 1. The lowest BCUT2D eigenvalue weighted by molar-refractivity contribution is -0.111. The lowest BCUT2D eigenvalue weighted by atomic mass is 10.4. The summed E-state index contributed by atoms with van der Waals surface area (Å²) in [5, 5.41) is 4.76. The first-order chi connectivity index (χ1) is 8.40. The van der Waals surface area contributed by atoms with E-state index in [9.17, 15) is 14.4 Å². The van der Waals surface area contributed by atoms with Crippen molar-refractivity contribution in [3.05, 3.63) is 20.8 Å². The summed E-state index contributed by atoms with van der Waals surface area (Å²) in [6.45, 7) is 0. The van der Waals surface area contributed by atoms with Gasteiger partial charge in [0.15, 0.2) is 0 Å². The second-order valence-electron chi connectivity index (χ2n) is 3.35. The van der Waals surface area contributed by atoms with Gasteiger partial charge in [0.2, 0.25) is 0 Å². The minimum absolute atomic E-state index is 0.109. The van der Waals surface area contributed by atoms with Gasteiger partial charge < -0.3 is 11.1 Å². The molecule has 96 valence electrons. The van der Waals surface area contributed by atoms with Crippen molar-refractivity contribution in [3.8, 4) is 11.2 Å². The molecule has 0 saturated heterocycles. The second-order valence-corrected chi connectivity index (χ2v) is 3.96. The molecule has 1 rings (SSSR count). The third-order valence-electron chi connectivity index (χ3n) is 2.22. The number of hydrogen-bond acceptors (Lipinski definition) is 5. The van der Waals surface area contributed by atoms with E-state index in [0.29, 0.717) is 0 Å². The van der Waals surface area contributed by atoms with E-state index < -0.39 is 17.2 Å². The summed E-state index contributed by atoms with van der Waals surface area (Å²) in [6, 6.07) is 0. The predicted octanol–water partition coefficient (Wildman–Crippen LogP) is -1.07. The molecule has 0 unspecified atom stereocenters. The van der Waals surface area contributed by atoms with Crippen molar-refractivity contribution in [2.24, 2.45) is 14.1 Å². The molecule has 1 amide bonds. The molecule has 1 aromatic heterocycles. The number of hydrogen-bond donors (Lipinski definition) is 2. The van der Waals surface area contributed by atoms with Gasteiger partial charge in [0.1, 0.15) is 11.5 Å². The lowest BCUT2D eigenvalue weighted by Crippen LogP contribution is -2.40. The molecule has 0 spiro atoms. The quantitative estimate of drug-likeness (QED) is 0.632. The highest BCUT2D eigenvalue weighted by atomic mass is 32.2. The zero-order valence-corrected chi connectivity index (χ0v) is 10.9. The SMILES string of the molecule is CSC#CC(=O)Nc1c(N)n(C)c(=O)n(C)c1=O. The van der Waals surface area contributed by atoms with Gasteiger partial charge in [-0.05, 0) is 11.5 Å². The number of carbonyl (C=O) groups excluding carboxylic acids is 1. The maximum absolute atomic E-state index is 11.8. The van der Waals surface area contributed by atoms with Crippen LogP contribution in [0.15, 0.2) is 9.59 Å². The van der Waals surface area contributed by atoms with Gasteiger partial charge in [-0.25, -0.2) is 4.79 Å². The Morgan fingerprint density at radius 3 is 2.50 bits per heavy atom. The number of nitrogen functional groups attached to an aromatic ring is 1. The fourth-order valence-corrected chi connectivity index (χ4v) is 1.41. The summed E-state index contributed by atoms with van der Waals surface area (Å²) in [5.74, 6) is 1.49. The number of rotatable bonds is 1. The molecule has 0 fully saturated rings. The zero-order valence-electron chi connectivity index (χ0n) is 10.1. The van der Waals surface area contributed by atoms with Crippen LogP contribution in [0.1, 0.15) is 0 Å². The van der Waals surface area contributed by atoms with Crippen LogP contribution in [-0.4, -0.2) is 21.3 Å². The second kappa shape index (κ2) is 5.46. The average Bonchev–Trinajstić information content (AvgIpc) is 2.36. The highest BCUT2D eigenvalue weighted by Crippen LogP contribution is 2.08. The van der Waals surface area contributed by atoms with Crippen LogP contribution in [-0.2, 0) is 18.9 Å². The van der Waals surface area contributed by atoms with Crippen molar-refractivity contribution < 1.29 is 4.79 Å². The Labute approximate surface area is 107 Å². The normalized spacial score (nSPS) is 9.50. The summed E-state index contributed by atoms with van der Waals surface area (Å²) in [5.41, 5.74) is 4.22. The van der Waals surface area contributed by atoms with Gasteiger partial charge in [0.05, 0.1) is 0 Å². The van der Waals surface area contributed by atoms with E-state index in [1.807, 2.05) is 0 Å². The maximum Gasteiger partial charge on any atom is 0.332 e. The van der Waals surface area contributed by atoms with Gasteiger partial charge in [-0.2, -0.15) is 0 Å². The summed E-state index contributed by atoms with van der Waals surface area (Å²) >= 11 is 1.17. The van der Waals surface area contributed by atoms with Gasteiger partial charge in [-0.15, -0.1) is 0 Å². The number of nitrogens with two attached hydrogens (primary N) is 1. The van der Waals surface area contributed by atoms with Crippen molar-refractivity contribution in [2.45, 2.75) is 0 Å². The third kappa shape index (κ3) is 2.57. The molecule has 3 N–H and O–H groups in total. The van der Waals surface area contributed by atoms with Crippen LogP contribution in [0, 0.1) is 11.2 Å². The molecular formula is C10H12N4O3S. The summed E-state index contributed by atoms with van der Waals surface area (Å²) in [4.78, 5) is 34.7. The third-order valence-corrected chi connectivity index (χ3v) is 2.52. The minimum Gasteiger partial charge on any atom is -0.383 e. The van der Waals surface area contributed by atoms with Gasteiger partial charge >= 0.3 is 11.6 Å². The summed E-state index contributed by atoms with van der Waals surface area (Å²) in [7, 11) is 2.70. The number of anilines is 2. The molecule has 0 aromatic carbocycles. The molecule has 0 radical (unpaired) electrons. The molecule has 8 heteroatoms. The first-order valence-electron chi connectivity index (χ1n) is 4.80. The van der Waals surface area contributed by atoms with E-state index in [1.165, 1.54) is 25.9 Å². The molecule has 1 heterocycles. The monoisotopic (exact) mass is 268 g/mol. The lowest BCUT2D eigenvalue weighted by Gasteiger charge is -2.10. The van der Waals surface area contributed by atoms with Gasteiger partial charge in [0, 0.05) is 20.0 Å². The topological polar surface area (TPSA) is 99.1 Å². The highest BCUT2D eigenvalue weighted by Gasteiger charge is 2.14. The van der Waals surface area contributed by atoms with Crippen LogP contribution < -0.4 is 22.3 Å². The molecular weight excluding hydrogens is 256 g/mol. The number of aromatic nitrogens is 2. The number of nitrogens with zero attached hydrogens (tertiary/aromatic N) is 2. The molecule has 0 bridgehead atoms. The van der Waals surface area contributed by atoms with E-state index in [-0.39, 0.29) is 11.5 Å². The van der Waals surface area contributed by atoms with Crippen LogP contribution in [0.5, 0.6) is 0 Å². The molecule has 0 aliphatic carbocycles. The Morgan fingerprint density at radius 1 is 1.33 bits per heavy atom. The number of thioether (sulfide) groups is 1. The zero-order chi connectivity index (χ0) is 13.9. The van der Waals surface area contributed by atoms with E-state index in [2.05, 4.69) is 16.5 Å². The molecule has 18 heavy (non-hydrogen) atoms. The van der Waals surface area contributed by atoms with Crippen molar-refractivity contribution >= 4 is 29.2 Å². The maximum atomic E-state index is 11.8. The van der Waals surface area contributed by atoms with Crippen LogP contribution >= 0.6 is 11.8 Å². The Balaban J connectivity index is 3.31. The summed E-state index contributed by atoms with van der Waals surface area (Å²) in [6.07, 6.45) is 1.71. The molecule has 0 aliphatic heterocycles. The molecule has 0 atom stereocenters. The average molecular weight is 268 g/mol. The largest absolute Gasteiger partial charge is 0.383 e. The van der Waals surface area contributed by atoms with E-state index in [4.69, 9.17) is 5.73 Å². The van der Waals surface area contributed by atoms with Crippen LogP contribution in [0.2, 0.25) is 0 Å². The van der Waals surface area contributed by atoms with Gasteiger partial charge in [-0.3, -0.25) is 18.7 Å². The van der Waals surface area contributed by atoms with Crippen molar-refractivity contribution in [1.82, 2.24) is 9.13 Å². The Bertz CT molecular complexity index is 663. The minimum atomic E-state index is -0.671. The van der Waals surface area contributed by atoms with E-state index in [1.54, 1.807) is 6.26 Å². The number of amides is 1. The fraction of sp³-hybridized carbons (Fsp3) is 0.300.